The molecule has 2 aromatic rings. The maximum Gasteiger partial charge on any atom is 0.225 e. The summed E-state index contributed by atoms with van der Waals surface area (Å²) in [6.07, 6.45) is 0.0651. The molecule has 0 aliphatic heterocycles. The van der Waals surface area contributed by atoms with E-state index in [0.717, 1.165) is 15.4 Å². The summed E-state index contributed by atoms with van der Waals surface area (Å²) in [5.41, 5.74) is 5.95. The number of halogens is 1. The average Bonchev–Trinajstić information content (AvgIpc) is 2.18. The van der Waals surface area contributed by atoms with Crippen molar-refractivity contribution >= 4 is 45.0 Å². The second kappa shape index (κ2) is 4.31. The molecule has 0 saturated carbocycles. The van der Waals surface area contributed by atoms with E-state index < -0.39 is 5.91 Å². The number of carbonyl (C=O) groups is 1. The van der Waals surface area contributed by atoms with Crippen LogP contribution in [0.3, 0.4) is 0 Å². The Labute approximate surface area is 105 Å². The Balaban J connectivity index is 2.64. The van der Waals surface area contributed by atoms with Crippen LogP contribution in [0.1, 0.15) is 5.82 Å². The third-order valence-electron chi connectivity index (χ3n) is 2.07. The van der Waals surface area contributed by atoms with Crippen molar-refractivity contribution in [3.8, 4) is 0 Å². The van der Waals surface area contributed by atoms with Gasteiger partial charge in [-0.3, -0.25) is 4.79 Å². The molecule has 1 aromatic heterocycles. The molecule has 1 aromatic carbocycles. The predicted octanol–water partition coefficient (Wildman–Crippen LogP) is 2.08. The Bertz CT molecular complexity index is 623. The highest BCUT2D eigenvalue weighted by molar-refractivity contribution is 9.10. The quantitative estimate of drug-likeness (QED) is 0.834. The number of aromatic amines is 1. The SMILES string of the molecule is NC(=O)Cc1nc(=S)c2cc(Br)ccc2[nH]1. The molecule has 6 heteroatoms. The average molecular weight is 298 g/mol. The van der Waals surface area contributed by atoms with Crippen LogP contribution in [0.5, 0.6) is 0 Å². The second-order valence-electron chi connectivity index (χ2n) is 3.32. The van der Waals surface area contributed by atoms with Crippen LogP contribution in [-0.2, 0) is 11.2 Å². The molecular formula is C10H8BrN3OS. The summed E-state index contributed by atoms with van der Waals surface area (Å²) in [4.78, 5) is 17.9. The highest BCUT2D eigenvalue weighted by Gasteiger charge is 2.04. The maximum atomic E-state index is 10.8. The van der Waals surface area contributed by atoms with E-state index in [0.29, 0.717) is 10.5 Å². The molecule has 2 rings (SSSR count). The first-order valence-electron chi connectivity index (χ1n) is 4.53. The first-order chi connectivity index (χ1) is 7.56. The van der Waals surface area contributed by atoms with E-state index in [2.05, 4.69) is 25.9 Å². The lowest BCUT2D eigenvalue weighted by molar-refractivity contribution is -0.117. The number of primary amides is 1. The largest absolute Gasteiger partial charge is 0.369 e. The topological polar surface area (TPSA) is 71.8 Å². The summed E-state index contributed by atoms with van der Waals surface area (Å²) in [6.45, 7) is 0. The molecule has 0 aliphatic carbocycles. The summed E-state index contributed by atoms with van der Waals surface area (Å²) < 4.78 is 1.40. The number of hydrogen-bond donors (Lipinski definition) is 2. The van der Waals surface area contributed by atoms with Crippen LogP contribution in [0.4, 0.5) is 0 Å². The molecule has 0 bridgehead atoms. The van der Waals surface area contributed by atoms with E-state index in [9.17, 15) is 4.79 Å². The molecule has 82 valence electrons. The van der Waals surface area contributed by atoms with E-state index in [1.54, 1.807) is 0 Å². The Hall–Kier alpha value is -1.27. The van der Waals surface area contributed by atoms with Gasteiger partial charge in [-0.25, -0.2) is 4.98 Å². The molecule has 1 amide bonds. The minimum atomic E-state index is -0.436. The fourth-order valence-corrected chi connectivity index (χ4v) is 2.06. The Morgan fingerprint density at radius 3 is 3.00 bits per heavy atom. The number of fused-ring (bicyclic) bond motifs is 1. The third-order valence-corrected chi connectivity index (χ3v) is 2.87. The Morgan fingerprint density at radius 1 is 1.56 bits per heavy atom. The number of nitrogens with one attached hydrogen (secondary N) is 1. The van der Waals surface area contributed by atoms with Crippen LogP contribution >= 0.6 is 28.1 Å². The number of rotatable bonds is 2. The fraction of sp³-hybridized carbons (Fsp3) is 0.100. The normalized spacial score (nSPS) is 10.6. The van der Waals surface area contributed by atoms with E-state index in [-0.39, 0.29) is 6.42 Å². The van der Waals surface area contributed by atoms with Gasteiger partial charge in [0.25, 0.3) is 0 Å². The summed E-state index contributed by atoms with van der Waals surface area (Å²) in [6, 6.07) is 5.65. The first-order valence-corrected chi connectivity index (χ1v) is 5.73. The molecule has 0 aliphatic rings. The van der Waals surface area contributed by atoms with Gasteiger partial charge in [0.05, 0.1) is 6.42 Å². The lowest BCUT2D eigenvalue weighted by Crippen LogP contribution is -2.15. The zero-order valence-corrected chi connectivity index (χ0v) is 10.6. The number of aromatic nitrogens is 2. The molecule has 4 nitrogen and oxygen atoms in total. The standard InChI is InChI=1S/C10H8BrN3OS/c11-5-1-2-7-6(3-5)10(16)14-9(13-7)4-8(12)15/h1-3H,4H2,(H2,12,15)(H,13,14,16). The van der Waals surface area contributed by atoms with Crippen LogP contribution in [-0.4, -0.2) is 15.9 Å². The number of nitrogens with two attached hydrogens (primary N) is 1. The smallest absolute Gasteiger partial charge is 0.225 e. The van der Waals surface area contributed by atoms with Crippen molar-refractivity contribution in [2.45, 2.75) is 6.42 Å². The second-order valence-corrected chi connectivity index (χ2v) is 4.62. The number of benzene rings is 1. The van der Waals surface area contributed by atoms with Crippen LogP contribution < -0.4 is 5.73 Å². The fourth-order valence-electron chi connectivity index (χ4n) is 1.42. The molecule has 0 radical (unpaired) electrons. The summed E-state index contributed by atoms with van der Waals surface area (Å²) in [7, 11) is 0. The van der Waals surface area contributed by atoms with Gasteiger partial charge in [0, 0.05) is 15.4 Å². The van der Waals surface area contributed by atoms with E-state index in [4.69, 9.17) is 18.0 Å². The molecule has 3 N–H and O–H groups in total. The highest BCUT2D eigenvalue weighted by Crippen LogP contribution is 2.18. The van der Waals surface area contributed by atoms with Gasteiger partial charge in [0.2, 0.25) is 5.91 Å². The van der Waals surface area contributed by atoms with Gasteiger partial charge in [-0.05, 0) is 18.2 Å². The lowest BCUT2D eigenvalue weighted by atomic mass is 10.2. The van der Waals surface area contributed by atoms with Crippen molar-refractivity contribution in [1.82, 2.24) is 9.97 Å². The summed E-state index contributed by atoms with van der Waals surface area (Å²) in [5, 5.41) is 0.845. The van der Waals surface area contributed by atoms with Gasteiger partial charge in [-0.2, -0.15) is 0 Å². The van der Waals surface area contributed by atoms with Crippen molar-refractivity contribution < 1.29 is 4.79 Å². The monoisotopic (exact) mass is 297 g/mol. The minimum absolute atomic E-state index is 0.0651. The Kier molecular flexibility index (Phi) is 3.02. The van der Waals surface area contributed by atoms with Gasteiger partial charge in [0.1, 0.15) is 10.5 Å². The van der Waals surface area contributed by atoms with Crippen molar-refractivity contribution in [3.63, 3.8) is 0 Å². The molecule has 0 unspecified atom stereocenters. The highest BCUT2D eigenvalue weighted by atomic mass is 79.9. The van der Waals surface area contributed by atoms with Gasteiger partial charge < -0.3 is 10.7 Å². The number of carbonyl (C=O) groups excluding carboxylic acids is 1. The van der Waals surface area contributed by atoms with Gasteiger partial charge in [0.15, 0.2) is 0 Å². The Morgan fingerprint density at radius 2 is 2.31 bits per heavy atom. The molecule has 1 heterocycles. The predicted molar refractivity (Wildman–Crippen MR) is 67.5 cm³/mol. The van der Waals surface area contributed by atoms with Gasteiger partial charge >= 0.3 is 0 Å². The number of H-pyrrole nitrogens is 1. The van der Waals surface area contributed by atoms with Crippen LogP contribution in [0.25, 0.3) is 10.9 Å². The third kappa shape index (κ3) is 2.28. The van der Waals surface area contributed by atoms with Gasteiger partial charge in [-0.1, -0.05) is 28.1 Å². The molecule has 16 heavy (non-hydrogen) atoms. The first kappa shape index (κ1) is 11.2. The molecule has 0 atom stereocenters. The van der Waals surface area contributed by atoms with Crippen molar-refractivity contribution in [2.75, 3.05) is 0 Å². The lowest BCUT2D eigenvalue weighted by Gasteiger charge is -2.03. The number of amides is 1. The van der Waals surface area contributed by atoms with Gasteiger partial charge in [-0.15, -0.1) is 0 Å². The maximum absolute atomic E-state index is 10.8. The molecule has 0 saturated heterocycles. The van der Waals surface area contributed by atoms with E-state index in [1.807, 2.05) is 18.2 Å². The van der Waals surface area contributed by atoms with E-state index in [1.165, 1.54) is 0 Å². The number of nitrogens with zero attached hydrogens (tertiary/aromatic N) is 1. The van der Waals surface area contributed by atoms with E-state index >= 15 is 0 Å². The number of hydrogen-bond acceptors (Lipinski definition) is 3. The summed E-state index contributed by atoms with van der Waals surface area (Å²) in [5.74, 6) is 0.0573. The molecule has 0 spiro atoms. The van der Waals surface area contributed by atoms with Crippen LogP contribution in [0.2, 0.25) is 0 Å². The van der Waals surface area contributed by atoms with Crippen molar-refractivity contribution in [2.24, 2.45) is 5.73 Å². The molecular weight excluding hydrogens is 290 g/mol. The van der Waals surface area contributed by atoms with Crippen molar-refractivity contribution in [3.05, 3.63) is 33.1 Å². The van der Waals surface area contributed by atoms with Crippen molar-refractivity contribution in [1.29, 1.82) is 0 Å². The zero-order chi connectivity index (χ0) is 11.7. The zero-order valence-electron chi connectivity index (χ0n) is 8.16. The molecule has 0 fully saturated rings. The summed E-state index contributed by atoms with van der Waals surface area (Å²) >= 11 is 8.51. The minimum Gasteiger partial charge on any atom is -0.369 e. The van der Waals surface area contributed by atoms with Crippen LogP contribution in [0.15, 0.2) is 22.7 Å². The van der Waals surface area contributed by atoms with Crippen LogP contribution in [0, 0.1) is 4.64 Å².